The predicted octanol–water partition coefficient (Wildman–Crippen LogP) is 8.01. The topological polar surface area (TPSA) is 55.7 Å². The van der Waals surface area contributed by atoms with Crippen LogP contribution >= 0.6 is 34.8 Å². The van der Waals surface area contributed by atoms with Gasteiger partial charge in [-0.05, 0) is 60.2 Å². The highest BCUT2D eigenvalue weighted by Gasteiger charge is 2.44. The van der Waals surface area contributed by atoms with Crippen molar-refractivity contribution in [3.63, 3.8) is 0 Å². The largest absolute Gasteiger partial charge is 0.465 e. The maximum absolute atomic E-state index is 13.7. The summed E-state index contributed by atoms with van der Waals surface area (Å²) >= 11 is 18.7. The molecule has 38 heavy (non-hydrogen) atoms. The van der Waals surface area contributed by atoms with Crippen LogP contribution in [0.15, 0.2) is 89.1 Å². The number of allylic oxidation sites excluding steroid dienone is 2. The quantitative estimate of drug-likeness (QED) is 0.284. The van der Waals surface area contributed by atoms with Gasteiger partial charge in [-0.15, -0.1) is 0 Å². The monoisotopic (exact) mass is 565 g/mol. The van der Waals surface area contributed by atoms with Gasteiger partial charge < -0.3 is 4.74 Å². The molecular weight excluding hydrogens is 541 g/mol. The van der Waals surface area contributed by atoms with Crippen LogP contribution in [0.4, 0.5) is 0 Å². The molecule has 0 aromatic heterocycles. The second kappa shape index (κ2) is 11.4. The second-order valence-corrected chi connectivity index (χ2v) is 11.0. The summed E-state index contributed by atoms with van der Waals surface area (Å²) in [5.74, 6) is -1.74. The van der Waals surface area contributed by atoms with Crippen LogP contribution < -0.4 is 0 Å². The van der Waals surface area contributed by atoms with Crippen LogP contribution in [0, 0.1) is 5.92 Å². The van der Waals surface area contributed by atoms with Gasteiger partial charge in [-0.1, -0.05) is 83.3 Å². The van der Waals surface area contributed by atoms with Crippen molar-refractivity contribution < 1.29 is 14.3 Å². The standard InChI is InChI=1S/C31H26Cl3NO3/c1-18-28(31(37)38-14-13-19-5-3-2-4-6-19)29(21-9-12-24(33)25(34)15-21)30-26(35-18)16-22(17-27(30)36)20-7-10-23(32)11-8-20/h2-12,15,22,28-29H,13-14,16-17H2,1H3/t22-,28?,29+/m0/s1. The van der Waals surface area contributed by atoms with E-state index in [2.05, 4.69) is 0 Å². The SMILES string of the molecule is CC1=NC2=C(C(=O)C[C@@H](c3ccc(Cl)cc3)C2)[C@H](c2ccc(Cl)c(Cl)c2)C1C(=O)OCCc1ccccc1. The number of benzene rings is 3. The zero-order valence-electron chi connectivity index (χ0n) is 20.8. The molecule has 3 aromatic carbocycles. The number of esters is 1. The normalized spacial score (nSPS) is 21.1. The lowest BCUT2D eigenvalue weighted by Gasteiger charge is -2.36. The summed E-state index contributed by atoms with van der Waals surface area (Å²) in [6, 6.07) is 22.7. The molecule has 3 aromatic rings. The lowest BCUT2D eigenvalue weighted by Crippen LogP contribution is -2.38. The molecule has 7 heteroatoms. The highest BCUT2D eigenvalue weighted by atomic mass is 35.5. The molecule has 1 aliphatic heterocycles. The van der Waals surface area contributed by atoms with Crippen LogP contribution in [0.25, 0.3) is 0 Å². The van der Waals surface area contributed by atoms with E-state index in [1.54, 1.807) is 12.1 Å². The first-order chi connectivity index (χ1) is 18.3. The Morgan fingerprint density at radius 3 is 2.34 bits per heavy atom. The van der Waals surface area contributed by atoms with Crippen LogP contribution in [0.1, 0.15) is 48.3 Å². The van der Waals surface area contributed by atoms with E-state index in [0.29, 0.717) is 51.3 Å². The number of ether oxygens (including phenoxy) is 1. The lowest BCUT2D eigenvalue weighted by atomic mass is 9.69. The number of ketones is 1. The highest BCUT2D eigenvalue weighted by Crippen LogP contribution is 2.47. The Bertz CT molecular complexity index is 1430. The van der Waals surface area contributed by atoms with Crippen molar-refractivity contribution in [3.05, 3.63) is 116 Å². The average Bonchev–Trinajstić information content (AvgIpc) is 2.90. The molecular formula is C31H26Cl3NO3. The van der Waals surface area contributed by atoms with Gasteiger partial charge in [0.25, 0.3) is 0 Å². The third-order valence-electron chi connectivity index (χ3n) is 7.26. The first kappa shape index (κ1) is 26.7. The Kier molecular flexibility index (Phi) is 8.04. The van der Waals surface area contributed by atoms with Crippen LogP contribution in [-0.4, -0.2) is 24.1 Å². The highest BCUT2D eigenvalue weighted by molar-refractivity contribution is 6.42. The van der Waals surface area contributed by atoms with Crippen molar-refractivity contribution in [2.24, 2.45) is 10.9 Å². The van der Waals surface area contributed by atoms with Crippen LogP contribution in [-0.2, 0) is 20.7 Å². The molecule has 2 aliphatic rings. The molecule has 0 amide bonds. The van der Waals surface area contributed by atoms with Gasteiger partial charge in [0.2, 0.25) is 0 Å². The van der Waals surface area contributed by atoms with Gasteiger partial charge in [-0.3, -0.25) is 14.6 Å². The molecule has 4 nitrogen and oxygen atoms in total. The van der Waals surface area contributed by atoms with Crippen LogP contribution in [0.5, 0.6) is 0 Å². The number of hydrogen-bond donors (Lipinski definition) is 0. The third kappa shape index (κ3) is 5.58. The van der Waals surface area contributed by atoms with Crippen molar-refractivity contribution >= 4 is 52.3 Å². The molecule has 5 rings (SSSR count). The maximum atomic E-state index is 13.7. The Morgan fingerprint density at radius 1 is 0.921 bits per heavy atom. The zero-order valence-corrected chi connectivity index (χ0v) is 23.1. The Hall–Kier alpha value is -2.92. The van der Waals surface area contributed by atoms with E-state index in [1.165, 1.54) is 0 Å². The summed E-state index contributed by atoms with van der Waals surface area (Å²) in [6.07, 6.45) is 1.51. The smallest absolute Gasteiger partial charge is 0.315 e. The van der Waals surface area contributed by atoms with Crippen molar-refractivity contribution in [1.82, 2.24) is 0 Å². The second-order valence-electron chi connectivity index (χ2n) is 9.73. The fourth-order valence-corrected chi connectivity index (χ4v) is 5.84. The molecule has 3 atom stereocenters. The van der Waals surface area contributed by atoms with Crippen molar-refractivity contribution in [2.45, 2.75) is 38.0 Å². The summed E-state index contributed by atoms with van der Waals surface area (Å²) < 4.78 is 5.75. The molecule has 0 fully saturated rings. The molecule has 194 valence electrons. The fraction of sp³-hybridized carbons (Fsp3) is 0.258. The minimum absolute atomic E-state index is 0.0149. The average molecular weight is 567 g/mol. The van der Waals surface area contributed by atoms with Gasteiger partial charge >= 0.3 is 5.97 Å². The van der Waals surface area contributed by atoms with E-state index in [1.807, 2.05) is 67.6 Å². The maximum Gasteiger partial charge on any atom is 0.315 e. The first-order valence-corrected chi connectivity index (χ1v) is 13.7. The van der Waals surface area contributed by atoms with Gasteiger partial charge in [-0.25, -0.2) is 0 Å². The zero-order chi connectivity index (χ0) is 26.8. The number of rotatable bonds is 6. The molecule has 0 saturated carbocycles. The Labute approximate surface area is 237 Å². The molecule has 1 aliphatic carbocycles. The van der Waals surface area contributed by atoms with Crippen LogP contribution in [0.3, 0.4) is 0 Å². The molecule has 1 unspecified atom stereocenters. The van der Waals surface area contributed by atoms with Crippen molar-refractivity contribution in [1.29, 1.82) is 0 Å². The Balaban J connectivity index is 1.48. The van der Waals surface area contributed by atoms with Crippen LogP contribution in [0.2, 0.25) is 15.1 Å². The number of carbonyl (C=O) groups is 2. The summed E-state index contributed by atoms with van der Waals surface area (Å²) in [7, 11) is 0. The predicted molar refractivity (Wildman–Crippen MR) is 152 cm³/mol. The number of carbonyl (C=O) groups excluding carboxylic acids is 2. The summed E-state index contributed by atoms with van der Waals surface area (Å²) in [5, 5.41) is 1.42. The summed E-state index contributed by atoms with van der Waals surface area (Å²) in [5.41, 5.74) is 4.75. The summed E-state index contributed by atoms with van der Waals surface area (Å²) in [4.78, 5) is 32.1. The molecule has 0 N–H and O–H groups in total. The van der Waals surface area contributed by atoms with E-state index in [-0.39, 0.29) is 18.3 Å². The van der Waals surface area contributed by atoms with E-state index in [4.69, 9.17) is 44.5 Å². The Morgan fingerprint density at radius 2 is 1.63 bits per heavy atom. The number of aliphatic imine (C=N–C) groups is 1. The molecule has 0 radical (unpaired) electrons. The van der Waals surface area contributed by atoms with Gasteiger partial charge in [0.15, 0.2) is 5.78 Å². The summed E-state index contributed by atoms with van der Waals surface area (Å²) in [6.45, 7) is 2.06. The van der Waals surface area contributed by atoms with E-state index in [0.717, 1.165) is 16.7 Å². The minimum atomic E-state index is -0.738. The number of halogens is 3. The van der Waals surface area contributed by atoms with Crippen molar-refractivity contribution in [3.8, 4) is 0 Å². The fourth-order valence-electron chi connectivity index (χ4n) is 5.41. The first-order valence-electron chi connectivity index (χ1n) is 12.5. The molecule has 0 saturated heterocycles. The lowest BCUT2D eigenvalue weighted by molar-refractivity contribution is -0.146. The van der Waals surface area contributed by atoms with E-state index in [9.17, 15) is 9.59 Å². The minimum Gasteiger partial charge on any atom is -0.465 e. The number of nitrogens with zero attached hydrogens (tertiary/aromatic N) is 1. The van der Waals surface area contributed by atoms with Crippen molar-refractivity contribution in [2.75, 3.05) is 6.61 Å². The third-order valence-corrected chi connectivity index (χ3v) is 8.26. The van der Waals surface area contributed by atoms with Gasteiger partial charge in [0.05, 0.1) is 16.7 Å². The van der Waals surface area contributed by atoms with Gasteiger partial charge in [0, 0.05) is 40.8 Å². The van der Waals surface area contributed by atoms with E-state index < -0.39 is 17.8 Å². The number of hydrogen-bond acceptors (Lipinski definition) is 4. The molecule has 0 spiro atoms. The van der Waals surface area contributed by atoms with E-state index >= 15 is 0 Å². The molecule has 1 heterocycles. The molecule has 0 bridgehead atoms. The number of Topliss-reactive ketones (excluding diaryl/α,β-unsaturated/α-hetero) is 1. The van der Waals surface area contributed by atoms with Gasteiger partial charge in [0.1, 0.15) is 5.92 Å². The van der Waals surface area contributed by atoms with Gasteiger partial charge in [-0.2, -0.15) is 0 Å².